The first-order chi connectivity index (χ1) is 10.3. The highest BCUT2D eigenvalue weighted by molar-refractivity contribution is 6.40. The molecule has 0 saturated carbocycles. The molecule has 1 aromatic carbocycles. The van der Waals surface area contributed by atoms with E-state index in [1.165, 1.54) is 6.33 Å². The normalized spacial score (nSPS) is 15.4. The number of nitrogens with zero attached hydrogens (tertiary/aromatic N) is 2. The van der Waals surface area contributed by atoms with Crippen LogP contribution in [0.3, 0.4) is 0 Å². The summed E-state index contributed by atoms with van der Waals surface area (Å²) >= 11 is 0. The molecule has 3 aromatic rings. The summed E-state index contributed by atoms with van der Waals surface area (Å²) in [4.78, 5) is 31.5. The summed E-state index contributed by atoms with van der Waals surface area (Å²) < 4.78 is 1.58. The molecule has 4 rings (SSSR count). The number of hydrogen-bond donors (Lipinski definition) is 2. The second-order valence-corrected chi connectivity index (χ2v) is 4.81. The van der Waals surface area contributed by atoms with E-state index in [4.69, 9.17) is 0 Å². The van der Waals surface area contributed by atoms with E-state index in [1.807, 2.05) is 24.3 Å². The third-order valence-corrected chi connectivity index (χ3v) is 3.60. The van der Waals surface area contributed by atoms with Crippen LogP contribution in [0.25, 0.3) is 22.2 Å². The predicted molar refractivity (Wildman–Crippen MR) is 75.6 cm³/mol. The van der Waals surface area contributed by atoms with E-state index in [2.05, 4.69) is 9.97 Å². The molecular formula is C15H11N4O2+. The zero-order chi connectivity index (χ0) is 14.4. The lowest BCUT2D eigenvalue weighted by Gasteiger charge is -2.01. The number of carbonyl (C=O) groups excluding carboxylic acids is 2. The number of carbonyl (C=O) groups is 2. The first kappa shape index (κ1) is 11.8. The fourth-order valence-corrected chi connectivity index (χ4v) is 2.69. The zero-order valence-corrected chi connectivity index (χ0v) is 10.9. The van der Waals surface area contributed by atoms with Crippen LogP contribution in [0.15, 0.2) is 49.2 Å². The Morgan fingerprint density at radius 2 is 2.00 bits per heavy atom. The Hall–Kier alpha value is -2.99. The van der Waals surface area contributed by atoms with Gasteiger partial charge in [0.05, 0.1) is 6.33 Å². The summed E-state index contributed by atoms with van der Waals surface area (Å²) in [5, 5.41) is 2.05. The molecule has 102 valence electrons. The summed E-state index contributed by atoms with van der Waals surface area (Å²) in [5.74, 6) is -0.563. The average Bonchev–Trinajstić information content (AvgIpc) is 3.17. The Morgan fingerprint density at radius 1 is 1.14 bits per heavy atom. The number of aromatic nitrogens is 3. The highest BCUT2D eigenvalue weighted by Crippen LogP contribution is 2.30. The largest absolute Gasteiger partial charge is 0.368 e. The van der Waals surface area contributed by atoms with Crippen molar-refractivity contribution >= 4 is 34.0 Å². The molecule has 6 nitrogen and oxygen atoms in total. The number of para-hydroxylation sites is 1. The van der Waals surface area contributed by atoms with E-state index in [0.717, 1.165) is 21.8 Å². The van der Waals surface area contributed by atoms with E-state index in [-0.39, 0.29) is 11.8 Å². The van der Waals surface area contributed by atoms with Crippen LogP contribution in [-0.2, 0) is 9.59 Å². The number of benzene rings is 1. The van der Waals surface area contributed by atoms with Crippen molar-refractivity contribution in [1.82, 2.24) is 14.5 Å². The molecule has 0 unspecified atom stereocenters. The van der Waals surface area contributed by atoms with Gasteiger partial charge in [0.15, 0.2) is 5.70 Å². The highest BCUT2D eigenvalue weighted by Gasteiger charge is 2.38. The number of nitrogens with two attached hydrogens (primary N) is 1. The van der Waals surface area contributed by atoms with Crippen molar-refractivity contribution in [1.29, 1.82) is 0 Å². The zero-order valence-electron chi connectivity index (χ0n) is 10.9. The van der Waals surface area contributed by atoms with Crippen LogP contribution in [0.5, 0.6) is 0 Å². The van der Waals surface area contributed by atoms with Gasteiger partial charge in [-0.1, -0.05) is 18.2 Å². The molecule has 2 amide bonds. The number of primary amides is 2. The van der Waals surface area contributed by atoms with Crippen LogP contribution in [0.4, 0.5) is 0 Å². The van der Waals surface area contributed by atoms with Crippen molar-refractivity contribution in [3.05, 3.63) is 54.7 Å². The van der Waals surface area contributed by atoms with Gasteiger partial charge in [-0.3, -0.25) is 4.57 Å². The summed E-state index contributed by atoms with van der Waals surface area (Å²) in [5.41, 5.74) is 2.43. The van der Waals surface area contributed by atoms with Crippen molar-refractivity contribution in [3.8, 4) is 0 Å². The second-order valence-electron chi connectivity index (χ2n) is 4.81. The fraction of sp³-hybridized carbons (Fsp3) is 0. The number of imidazole rings is 1. The van der Waals surface area contributed by atoms with Crippen molar-refractivity contribution in [3.63, 3.8) is 0 Å². The minimum Gasteiger partial charge on any atom is -0.361 e. The second kappa shape index (κ2) is 4.26. The first-order valence-corrected chi connectivity index (χ1v) is 6.48. The number of imide groups is 1. The minimum atomic E-state index is -0.293. The molecule has 21 heavy (non-hydrogen) atoms. The topological polar surface area (TPSA) is 84.4 Å². The van der Waals surface area contributed by atoms with Crippen LogP contribution < -0.4 is 5.32 Å². The van der Waals surface area contributed by atoms with Gasteiger partial charge in [0.1, 0.15) is 5.57 Å². The third kappa shape index (κ3) is 1.66. The molecule has 6 heteroatoms. The highest BCUT2D eigenvalue weighted by atomic mass is 16.2. The SMILES string of the molecule is O=C1[NH2+]C(=O)C(n2ccnc2)=C1c1c[nH]c2ccccc12. The molecule has 1 aliphatic rings. The smallest absolute Gasteiger partial charge is 0.361 e. The van der Waals surface area contributed by atoms with E-state index < -0.39 is 0 Å². The maximum absolute atomic E-state index is 12.3. The van der Waals surface area contributed by atoms with Gasteiger partial charge in [0, 0.05) is 35.1 Å². The Balaban J connectivity index is 2.04. The number of aromatic amines is 1. The molecule has 1 aliphatic heterocycles. The van der Waals surface area contributed by atoms with Gasteiger partial charge in [0.25, 0.3) is 0 Å². The molecule has 3 N–H and O–H groups in total. The quantitative estimate of drug-likeness (QED) is 0.664. The van der Waals surface area contributed by atoms with Gasteiger partial charge in [-0.05, 0) is 6.07 Å². The van der Waals surface area contributed by atoms with Crippen LogP contribution in [0.2, 0.25) is 0 Å². The maximum Gasteiger partial charge on any atom is 0.368 e. The third-order valence-electron chi connectivity index (χ3n) is 3.60. The summed E-state index contributed by atoms with van der Waals surface area (Å²) in [7, 11) is 0. The van der Waals surface area contributed by atoms with Gasteiger partial charge in [-0.2, -0.15) is 0 Å². The van der Waals surface area contributed by atoms with Crippen LogP contribution in [-0.4, -0.2) is 26.3 Å². The number of H-pyrrole nitrogens is 1. The molecule has 0 spiro atoms. The lowest BCUT2D eigenvalue weighted by molar-refractivity contribution is -0.472. The van der Waals surface area contributed by atoms with Gasteiger partial charge in [0.2, 0.25) is 0 Å². The Morgan fingerprint density at radius 3 is 2.81 bits per heavy atom. The number of rotatable bonds is 2. The van der Waals surface area contributed by atoms with Gasteiger partial charge < -0.3 is 4.98 Å². The Bertz CT molecular complexity index is 903. The van der Waals surface area contributed by atoms with Gasteiger partial charge in [-0.25, -0.2) is 19.9 Å². The standard InChI is InChI=1S/C15H10N4O2/c20-14-12(10-7-17-11-4-2-1-3-9(10)11)13(15(21)18-14)19-6-5-16-8-19/h1-8,17H,(H,18,20,21)/p+1. The number of quaternary nitrogens is 1. The Labute approximate surface area is 119 Å². The fourth-order valence-electron chi connectivity index (χ4n) is 2.69. The van der Waals surface area contributed by atoms with Crippen molar-refractivity contribution < 1.29 is 14.9 Å². The summed E-state index contributed by atoms with van der Waals surface area (Å²) in [6, 6.07) is 7.68. The van der Waals surface area contributed by atoms with Crippen molar-refractivity contribution in [2.75, 3.05) is 0 Å². The molecule has 0 atom stereocenters. The molecule has 3 heterocycles. The monoisotopic (exact) mass is 279 g/mol. The van der Waals surface area contributed by atoms with Crippen molar-refractivity contribution in [2.45, 2.75) is 0 Å². The van der Waals surface area contributed by atoms with Gasteiger partial charge >= 0.3 is 11.8 Å². The molecule has 0 saturated heterocycles. The van der Waals surface area contributed by atoms with E-state index >= 15 is 0 Å². The molecule has 0 bridgehead atoms. The first-order valence-electron chi connectivity index (χ1n) is 6.48. The number of nitrogens with one attached hydrogen (secondary N) is 1. The van der Waals surface area contributed by atoms with E-state index in [1.54, 1.807) is 23.2 Å². The number of fused-ring (bicyclic) bond motifs is 1. The maximum atomic E-state index is 12.3. The molecule has 0 radical (unpaired) electrons. The summed E-state index contributed by atoms with van der Waals surface area (Å²) in [6.07, 6.45) is 6.53. The number of amides is 2. The molecule has 0 fully saturated rings. The number of hydrogen-bond acceptors (Lipinski definition) is 3. The summed E-state index contributed by atoms with van der Waals surface area (Å²) in [6.45, 7) is 0. The van der Waals surface area contributed by atoms with Crippen LogP contribution in [0, 0.1) is 0 Å². The molecule has 2 aromatic heterocycles. The van der Waals surface area contributed by atoms with Crippen LogP contribution in [0.1, 0.15) is 5.56 Å². The van der Waals surface area contributed by atoms with E-state index in [9.17, 15) is 9.59 Å². The lowest BCUT2D eigenvalue weighted by Crippen LogP contribution is -2.89. The van der Waals surface area contributed by atoms with Crippen LogP contribution >= 0.6 is 0 Å². The minimum absolute atomic E-state index is 0.270. The molecule has 0 aliphatic carbocycles. The Kier molecular flexibility index (Phi) is 2.39. The van der Waals surface area contributed by atoms with Crippen molar-refractivity contribution in [2.24, 2.45) is 0 Å². The van der Waals surface area contributed by atoms with E-state index in [0.29, 0.717) is 11.3 Å². The molecular weight excluding hydrogens is 268 g/mol. The predicted octanol–water partition coefficient (Wildman–Crippen LogP) is 0.363. The van der Waals surface area contributed by atoms with Gasteiger partial charge in [-0.15, -0.1) is 0 Å². The lowest BCUT2D eigenvalue weighted by atomic mass is 10.0. The average molecular weight is 279 g/mol.